The van der Waals surface area contributed by atoms with E-state index in [2.05, 4.69) is 4.90 Å². The van der Waals surface area contributed by atoms with Gasteiger partial charge < -0.3 is 14.7 Å². The Morgan fingerprint density at radius 2 is 1.61 bits per heavy atom. The summed E-state index contributed by atoms with van der Waals surface area (Å²) in [5.41, 5.74) is 0.204. The maximum atomic E-state index is 13.4. The Hall–Kier alpha value is -1.10. The summed E-state index contributed by atoms with van der Waals surface area (Å²) in [7, 11) is 0. The van der Waals surface area contributed by atoms with Crippen LogP contribution in [0.5, 0.6) is 0 Å². The van der Waals surface area contributed by atoms with Gasteiger partial charge in [-0.2, -0.15) is 0 Å². The topological polar surface area (TPSA) is 66.8 Å². The van der Waals surface area contributed by atoms with E-state index in [0.29, 0.717) is 42.3 Å². The second-order valence-electron chi connectivity index (χ2n) is 13.6. The monoisotopic (exact) mass is 455 g/mol. The van der Waals surface area contributed by atoms with Crippen LogP contribution in [0.1, 0.15) is 83.5 Å². The lowest BCUT2D eigenvalue weighted by Crippen LogP contribution is -2.47. The van der Waals surface area contributed by atoms with Gasteiger partial charge in [0.1, 0.15) is 0 Å². The van der Waals surface area contributed by atoms with Crippen molar-refractivity contribution < 1.29 is 19.4 Å². The maximum Gasteiger partial charge on any atom is 0.309 e. The van der Waals surface area contributed by atoms with Gasteiger partial charge in [0.15, 0.2) is 0 Å². The van der Waals surface area contributed by atoms with Gasteiger partial charge in [-0.25, -0.2) is 0 Å². The average molecular weight is 456 g/mol. The Labute approximate surface area is 198 Å². The molecular weight excluding hydrogens is 414 g/mol. The molecule has 6 saturated carbocycles. The van der Waals surface area contributed by atoms with Gasteiger partial charge in [0.2, 0.25) is 5.91 Å². The standard InChI is InChI=1S/C28H41NO4/c30-24(29-4-6-33-7-5-29)20-8-19-9-21-14-26(13-19,15-22(21)11-20)27-12-18-2-1-3-28(17-27,25(31)32)23(10-18)16-27/h18-23H,1-17H2,(H,31,32). The molecule has 182 valence electrons. The van der Waals surface area contributed by atoms with Crippen molar-refractivity contribution in [2.75, 3.05) is 26.3 Å². The quantitative estimate of drug-likeness (QED) is 0.668. The van der Waals surface area contributed by atoms with E-state index in [9.17, 15) is 14.7 Å². The molecule has 0 radical (unpaired) electrons. The van der Waals surface area contributed by atoms with Crippen LogP contribution in [-0.4, -0.2) is 48.2 Å². The average Bonchev–Trinajstić information content (AvgIpc) is 3.09. The van der Waals surface area contributed by atoms with Gasteiger partial charge in [0.25, 0.3) is 0 Å². The van der Waals surface area contributed by atoms with Crippen LogP contribution in [0.3, 0.4) is 0 Å². The van der Waals surface area contributed by atoms with E-state index in [0.717, 1.165) is 57.0 Å². The number of aliphatic carboxylic acids is 1. The number of carbonyl (C=O) groups is 2. The lowest BCUT2D eigenvalue weighted by atomic mass is 9.50. The van der Waals surface area contributed by atoms with Gasteiger partial charge >= 0.3 is 5.97 Å². The fraction of sp³-hybridized carbons (Fsp3) is 0.929. The highest BCUT2D eigenvalue weighted by Crippen LogP contribution is 2.77. The highest BCUT2D eigenvalue weighted by Gasteiger charge is 2.71. The molecule has 1 heterocycles. The molecular formula is C28H41NO4. The lowest BCUT2D eigenvalue weighted by Gasteiger charge is -2.55. The first-order valence-corrected chi connectivity index (χ1v) is 14.0. The minimum atomic E-state index is -0.477. The molecule has 0 spiro atoms. The third kappa shape index (κ3) is 2.93. The minimum Gasteiger partial charge on any atom is -0.481 e. The molecule has 6 aliphatic carbocycles. The van der Waals surface area contributed by atoms with E-state index < -0.39 is 11.4 Å². The molecule has 0 aromatic rings. The molecule has 7 rings (SSSR count). The van der Waals surface area contributed by atoms with Crippen LogP contribution < -0.4 is 0 Å². The van der Waals surface area contributed by atoms with E-state index >= 15 is 0 Å². The van der Waals surface area contributed by atoms with Gasteiger partial charge in [-0.05, 0) is 111 Å². The van der Waals surface area contributed by atoms with Gasteiger partial charge in [0.05, 0.1) is 18.6 Å². The van der Waals surface area contributed by atoms with Crippen molar-refractivity contribution in [2.45, 2.75) is 83.5 Å². The number of carboxylic acids is 1. The molecule has 1 saturated heterocycles. The third-order valence-electron chi connectivity index (χ3n) is 12.3. The fourth-order valence-corrected chi connectivity index (χ4v) is 11.3. The van der Waals surface area contributed by atoms with Gasteiger partial charge in [0, 0.05) is 19.0 Å². The molecule has 33 heavy (non-hydrogen) atoms. The van der Waals surface area contributed by atoms with Gasteiger partial charge in [-0.1, -0.05) is 12.8 Å². The van der Waals surface area contributed by atoms with E-state index in [-0.39, 0.29) is 11.3 Å². The number of morpholine rings is 1. The molecule has 9 atom stereocenters. The van der Waals surface area contributed by atoms with Gasteiger partial charge in [-0.15, -0.1) is 0 Å². The second kappa shape index (κ2) is 7.21. The van der Waals surface area contributed by atoms with Crippen LogP contribution in [0.15, 0.2) is 0 Å². The second-order valence-corrected chi connectivity index (χ2v) is 13.6. The van der Waals surface area contributed by atoms with Crippen LogP contribution >= 0.6 is 0 Å². The minimum absolute atomic E-state index is 0.212. The van der Waals surface area contributed by atoms with Crippen LogP contribution in [0, 0.1) is 51.8 Å². The molecule has 5 heteroatoms. The number of fused-ring (bicyclic) bond motifs is 5. The lowest BCUT2D eigenvalue weighted by molar-refractivity contribution is -0.152. The van der Waals surface area contributed by atoms with Crippen LogP contribution in [-0.2, 0) is 14.3 Å². The Bertz CT molecular complexity index is 849. The van der Waals surface area contributed by atoms with Crippen molar-refractivity contribution in [3.8, 4) is 0 Å². The zero-order chi connectivity index (χ0) is 22.4. The SMILES string of the molecule is O=C(C1CC2CC3CC(C45CC6CCCC(C(=O)O)(C4)C(C6)C5)(C2)CC3C1)N1CCOCC1. The molecule has 5 nitrogen and oxygen atoms in total. The molecule has 1 N–H and O–H groups in total. The first-order valence-electron chi connectivity index (χ1n) is 14.0. The summed E-state index contributed by atoms with van der Waals surface area (Å²) in [6, 6.07) is 0. The number of rotatable bonds is 3. The fourth-order valence-electron chi connectivity index (χ4n) is 11.3. The van der Waals surface area contributed by atoms with Crippen molar-refractivity contribution in [3.63, 3.8) is 0 Å². The van der Waals surface area contributed by atoms with E-state index in [1.807, 2.05) is 0 Å². The molecule has 1 amide bonds. The number of ether oxygens (including phenoxy) is 1. The molecule has 0 aromatic carbocycles. The molecule has 7 aliphatic rings. The van der Waals surface area contributed by atoms with Crippen molar-refractivity contribution in [1.29, 1.82) is 0 Å². The molecule has 0 aromatic heterocycles. The Morgan fingerprint density at radius 1 is 0.848 bits per heavy atom. The summed E-state index contributed by atoms with van der Waals surface area (Å²) in [6.45, 7) is 2.91. The first kappa shape index (κ1) is 21.2. The van der Waals surface area contributed by atoms with E-state index in [1.54, 1.807) is 0 Å². The van der Waals surface area contributed by atoms with Crippen molar-refractivity contribution >= 4 is 11.9 Å². The Balaban J connectivity index is 1.18. The molecule has 1 aliphatic heterocycles. The third-order valence-corrected chi connectivity index (χ3v) is 12.3. The maximum absolute atomic E-state index is 13.4. The summed E-state index contributed by atoms with van der Waals surface area (Å²) >= 11 is 0. The normalized spacial score (nSPS) is 52.5. The molecule has 9 unspecified atom stereocenters. The number of nitrogens with zero attached hydrogens (tertiary/aromatic N) is 1. The van der Waals surface area contributed by atoms with Crippen molar-refractivity contribution in [2.24, 2.45) is 51.8 Å². The van der Waals surface area contributed by atoms with Gasteiger partial charge in [-0.3, -0.25) is 9.59 Å². The predicted octanol–water partition coefficient (Wildman–Crippen LogP) is 4.74. The van der Waals surface area contributed by atoms with Crippen LogP contribution in [0.2, 0.25) is 0 Å². The summed E-state index contributed by atoms with van der Waals surface area (Å²) < 4.78 is 5.49. The van der Waals surface area contributed by atoms with Crippen molar-refractivity contribution in [1.82, 2.24) is 4.90 Å². The van der Waals surface area contributed by atoms with Crippen LogP contribution in [0.25, 0.3) is 0 Å². The number of carbonyl (C=O) groups excluding carboxylic acids is 1. The van der Waals surface area contributed by atoms with Crippen LogP contribution in [0.4, 0.5) is 0 Å². The Morgan fingerprint density at radius 3 is 2.39 bits per heavy atom. The number of hydrogen-bond donors (Lipinski definition) is 1. The number of amides is 1. The summed E-state index contributed by atoms with van der Waals surface area (Å²) in [5.74, 6) is 3.45. The number of hydrogen-bond acceptors (Lipinski definition) is 3. The van der Waals surface area contributed by atoms with E-state index in [1.165, 1.54) is 51.4 Å². The predicted molar refractivity (Wildman–Crippen MR) is 123 cm³/mol. The highest BCUT2D eigenvalue weighted by molar-refractivity contribution is 5.79. The zero-order valence-electron chi connectivity index (χ0n) is 20.1. The first-order chi connectivity index (χ1) is 15.9. The largest absolute Gasteiger partial charge is 0.481 e. The smallest absolute Gasteiger partial charge is 0.309 e. The number of carboxylic acid groups (broad SMARTS) is 1. The van der Waals surface area contributed by atoms with Crippen molar-refractivity contribution in [3.05, 3.63) is 0 Å². The highest BCUT2D eigenvalue weighted by atomic mass is 16.5. The summed E-state index contributed by atoms with van der Waals surface area (Å²) in [6.07, 6.45) is 15.4. The summed E-state index contributed by atoms with van der Waals surface area (Å²) in [5, 5.41) is 10.5. The zero-order valence-corrected chi connectivity index (χ0v) is 20.1. The molecule has 6 bridgehead atoms. The summed E-state index contributed by atoms with van der Waals surface area (Å²) in [4.78, 5) is 28.2. The Kier molecular flexibility index (Phi) is 4.63. The van der Waals surface area contributed by atoms with E-state index in [4.69, 9.17) is 4.74 Å². The molecule has 7 fully saturated rings.